The lowest BCUT2D eigenvalue weighted by atomic mass is 10.4. The molecule has 0 aliphatic rings. The van der Waals surface area contributed by atoms with Crippen molar-refractivity contribution < 1.29 is 4.79 Å². The first-order chi connectivity index (χ1) is 9.15. The second kappa shape index (κ2) is 5.94. The van der Waals surface area contributed by atoms with Crippen molar-refractivity contribution in [2.75, 3.05) is 6.54 Å². The fraction of sp³-hybridized carbons (Fsp3) is 0.333. The molecule has 7 heteroatoms. The number of aryl methyl sites for hydroxylation is 1. The monoisotopic (exact) mass is 261 g/mol. The molecule has 7 nitrogen and oxygen atoms in total. The first kappa shape index (κ1) is 13.0. The fourth-order valence-electron chi connectivity index (χ4n) is 1.60. The van der Waals surface area contributed by atoms with Crippen LogP contribution >= 0.6 is 0 Å². The summed E-state index contributed by atoms with van der Waals surface area (Å²) in [5, 5.41) is 6.66. The third kappa shape index (κ3) is 3.77. The van der Waals surface area contributed by atoms with Gasteiger partial charge in [0.05, 0.1) is 6.33 Å². The van der Waals surface area contributed by atoms with Gasteiger partial charge >= 0.3 is 0 Å². The van der Waals surface area contributed by atoms with Gasteiger partial charge in [-0.05, 0) is 13.0 Å². The summed E-state index contributed by atoms with van der Waals surface area (Å²) in [5.74, 6) is -0.142. The highest BCUT2D eigenvalue weighted by Gasteiger charge is 2.02. The number of nitrogens with zero attached hydrogens (tertiary/aromatic N) is 4. The first-order valence-corrected chi connectivity index (χ1v) is 5.92. The summed E-state index contributed by atoms with van der Waals surface area (Å²) in [6, 6.07) is 3.22. The molecule has 100 valence electrons. The lowest BCUT2D eigenvalue weighted by molar-refractivity contribution is -0.121. The Labute approximate surface area is 109 Å². The van der Waals surface area contributed by atoms with Gasteiger partial charge in [-0.2, -0.15) is 5.10 Å². The highest BCUT2D eigenvalue weighted by Crippen LogP contribution is 1.86. The van der Waals surface area contributed by atoms with Gasteiger partial charge in [-0.15, -0.1) is 0 Å². The van der Waals surface area contributed by atoms with E-state index < -0.39 is 0 Å². The summed E-state index contributed by atoms with van der Waals surface area (Å²) >= 11 is 0. The topological polar surface area (TPSA) is 81.8 Å². The number of carbonyl (C=O) groups excluding carboxylic acids is 1. The highest BCUT2D eigenvalue weighted by molar-refractivity contribution is 5.75. The van der Waals surface area contributed by atoms with Crippen LogP contribution in [0.2, 0.25) is 0 Å². The molecule has 0 atom stereocenters. The Hall–Kier alpha value is -2.44. The Kier molecular flexibility index (Phi) is 4.07. The Morgan fingerprint density at radius 1 is 1.47 bits per heavy atom. The van der Waals surface area contributed by atoms with Gasteiger partial charge < -0.3 is 5.32 Å². The molecule has 2 heterocycles. The smallest absolute Gasteiger partial charge is 0.253 e. The first-order valence-electron chi connectivity index (χ1n) is 5.92. The molecule has 0 radical (unpaired) electrons. The molecule has 0 saturated heterocycles. The van der Waals surface area contributed by atoms with Gasteiger partial charge in [-0.1, -0.05) is 0 Å². The van der Waals surface area contributed by atoms with E-state index in [0.717, 1.165) is 0 Å². The number of rotatable bonds is 5. The van der Waals surface area contributed by atoms with E-state index in [1.165, 1.54) is 21.6 Å². The lowest BCUT2D eigenvalue weighted by Crippen LogP contribution is -2.33. The van der Waals surface area contributed by atoms with Gasteiger partial charge in [-0.25, -0.2) is 4.98 Å². The largest absolute Gasteiger partial charge is 0.353 e. The third-order valence-electron chi connectivity index (χ3n) is 2.56. The lowest BCUT2D eigenvalue weighted by Gasteiger charge is -2.07. The van der Waals surface area contributed by atoms with Crippen LogP contribution in [0.3, 0.4) is 0 Å². The van der Waals surface area contributed by atoms with Crippen molar-refractivity contribution in [2.45, 2.75) is 20.0 Å². The zero-order valence-electron chi connectivity index (χ0n) is 10.6. The van der Waals surface area contributed by atoms with Crippen LogP contribution in [0.4, 0.5) is 0 Å². The fourth-order valence-corrected chi connectivity index (χ4v) is 1.60. The summed E-state index contributed by atoms with van der Waals surface area (Å²) in [6.45, 7) is 2.72. The maximum absolute atomic E-state index is 11.6. The molecule has 0 aliphatic carbocycles. The van der Waals surface area contributed by atoms with Crippen molar-refractivity contribution in [1.82, 2.24) is 24.6 Å². The molecule has 2 aromatic rings. The molecule has 0 fully saturated rings. The minimum atomic E-state index is -0.142. The minimum Gasteiger partial charge on any atom is -0.353 e. The van der Waals surface area contributed by atoms with Crippen LogP contribution in [0.5, 0.6) is 0 Å². The predicted octanol–water partition coefficient (Wildman–Crippen LogP) is -0.435. The molecular weight excluding hydrogens is 246 g/mol. The molecular formula is C12H15N5O2. The second-order valence-corrected chi connectivity index (χ2v) is 4.12. The zero-order chi connectivity index (χ0) is 13.7. The third-order valence-corrected chi connectivity index (χ3v) is 2.56. The minimum absolute atomic E-state index is 0.117. The van der Waals surface area contributed by atoms with E-state index in [0.29, 0.717) is 18.8 Å². The molecule has 1 amide bonds. The highest BCUT2D eigenvalue weighted by atomic mass is 16.2. The van der Waals surface area contributed by atoms with Crippen molar-refractivity contribution in [3.05, 3.63) is 46.9 Å². The summed E-state index contributed by atoms with van der Waals surface area (Å²) in [7, 11) is 0. The Morgan fingerprint density at radius 2 is 2.32 bits per heavy atom. The number of hydrogen-bond acceptors (Lipinski definition) is 4. The van der Waals surface area contributed by atoms with E-state index in [2.05, 4.69) is 15.4 Å². The van der Waals surface area contributed by atoms with Crippen LogP contribution in [-0.2, 0) is 17.9 Å². The summed E-state index contributed by atoms with van der Waals surface area (Å²) in [4.78, 5) is 27.2. The van der Waals surface area contributed by atoms with Gasteiger partial charge in [0.25, 0.3) is 5.56 Å². The van der Waals surface area contributed by atoms with Crippen molar-refractivity contribution in [3.8, 4) is 0 Å². The molecule has 0 aromatic carbocycles. The molecule has 0 unspecified atom stereocenters. The van der Waals surface area contributed by atoms with Gasteiger partial charge in [0.2, 0.25) is 5.91 Å². The van der Waals surface area contributed by atoms with Crippen molar-refractivity contribution in [3.63, 3.8) is 0 Å². The van der Waals surface area contributed by atoms with Crippen LogP contribution in [0.15, 0.2) is 35.6 Å². The van der Waals surface area contributed by atoms with E-state index in [-0.39, 0.29) is 18.0 Å². The molecule has 2 rings (SSSR count). The van der Waals surface area contributed by atoms with Crippen molar-refractivity contribution in [2.24, 2.45) is 0 Å². The molecule has 19 heavy (non-hydrogen) atoms. The number of nitrogens with one attached hydrogen (secondary N) is 1. The molecule has 0 saturated carbocycles. The number of hydrogen-bond donors (Lipinski definition) is 1. The SMILES string of the molecule is Cc1cc(=O)n(CCNC(=O)Cn2cccn2)cn1. The quantitative estimate of drug-likeness (QED) is 0.791. The van der Waals surface area contributed by atoms with Crippen molar-refractivity contribution in [1.29, 1.82) is 0 Å². The van der Waals surface area contributed by atoms with E-state index in [4.69, 9.17) is 0 Å². The Bertz CT molecular complexity index is 603. The van der Waals surface area contributed by atoms with Gasteiger partial charge in [0, 0.05) is 37.2 Å². The van der Waals surface area contributed by atoms with E-state index in [1.54, 1.807) is 25.4 Å². The van der Waals surface area contributed by atoms with Gasteiger partial charge in [-0.3, -0.25) is 18.8 Å². The predicted molar refractivity (Wildman–Crippen MR) is 68.5 cm³/mol. The van der Waals surface area contributed by atoms with Crippen LogP contribution in [0.25, 0.3) is 0 Å². The van der Waals surface area contributed by atoms with E-state index in [9.17, 15) is 9.59 Å². The normalized spacial score (nSPS) is 10.4. The number of carbonyl (C=O) groups is 1. The summed E-state index contributed by atoms with van der Waals surface area (Å²) in [6.07, 6.45) is 4.82. The van der Waals surface area contributed by atoms with E-state index >= 15 is 0 Å². The van der Waals surface area contributed by atoms with Crippen LogP contribution in [0, 0.1) is 6.92 Å². The molecule has 0 aliphatic heterocycles. The zero-order valence-corrected chi connectivity index (χ0v) is 10.6. The van der Waals surface area contributed by atoms with Crippen LogP contribution in [-0.4, -0.2) is 31.8 Å². The summed E-state index contributed by atoms with van der Waals surface area (Å²) < 4.78 is 3.00. The molecule has 0 spiro atoms. The standard InChI is InChI=1S/C12H15N5O2/c1-10-7-12(19)16(9-14-10)6-4-13-11(18)8-17-5-2-3-15-17/h2-3,5,7,9H,4,6,8H2,1H3,(H,13,18). The average Bonchev–Trinajstić information content (AvgIpc) is 2.84. The van der Waals surface area contributed by atoms with Gasteiger partial charge in [0.15, 0.2) is 0 Å². The molecule has 2 aromatic heterocycles. The molecule has 1 N–H and O–H groups in total. The second-order valence-electron chi connectivity index (χ2n) is 4.12. The van der Waals surface area contributed by atoms with Gasteiger partial charge in [0.1, 0.15) is 6.54 Å². The Balaban J connectivity index is 1.80. The van der Waals surface area contributed by atoms with Crippen LogP contribution < -0.4 is 10.9 Å². The number of amides is 1. The summed E-state index contributed by atoms with van der Waals surface area (Å²) in [5.41, 5.74) is 0.567. The van der Waals surface area contributed by atoms with Crippen LogP contribution in [0.1, 0.15) is 5.69 Å². The number of aromatic nitrogens is 4. The Morgan fingerprint density at radius 3 is 3.00 bits per heavy atom. The van der Waals surface area contributed by atoms with E-state index in [1.807, 2.05) is 0 Å². The maximum atomic E-state index is 11.6. The van der Waals surface area contributed by atoms with Crippen molar-refractivity contribution >= 4 is 5.91 Å². The molecule has 0 bridgehead atoms. The maximum Gasteiger partial charge on any atom is 0.253 e. The average molecular weight is 261 g/mol.